The third-order valence-corrected chi connectivity index (χ3v) is 7.14. The highest BCUT2D eigenvalue weighted by molar-refractivity contribution is 6.42. The largest absolute Gasteiger partial charge is 0.332 e. The van der Waals surface area contributed by atoms with Crippen LogP contribution in [-0.4, -0.2) is 47.5 Å². The van der Waals surface area contributed by atoms with Gasteiger partial charge in [0.1, 0.15) is 11.2 Å². The van der Waals surface area contributed by atoms with Crippen LogP contribution in [0.1, 0.15) is 35.8 Å². The number of barbiturate groups is 1. The molecule has 1 spiro atoms. The molecule has 1 aliphatic heterocycles. The molecule has 1 saturated carbocycles. The maximum absolute atomic E-state index is 13.8. The average Bonchev–Trinajstić information content (AvgIpc) is 2.77. The number of nitrogens with zero attached hydrogens (tertiary/aromatic N) is 2. The van der Waals surface area contributed by atoms with Gasteiger partial charge in [0.2, 0.25) is 11.8 Å². The van der Waals surface area contributed by atoms with Crippen molar-refractivity contribution in [1.29, 1.82) is 0 Å². The highest BCUT2D eigenvalue weighted by Gasteiger charge is 2.66. The number of imide groups is 2. The van der Waals surface area contributed by atoms with E-state index in [0.29, 0.717) is 16.1 Å². The van der Waals surface area contributed by atoms with E-state index in [1.165, 1.54) is 14.1 Å². The number of benzene rings is 2. The standard InChI is InChI=1S/C23H20Cl2N2O4/c1-26-20(29)23(21(30)27(2)22(26)31)16(13-6-4-3-5-7-13)11-15(28)12-17(23)14-8-9-18(24)19(25)10-14/h3-10,16-17H,11-12H2,1-2H3/t16-,17+/m1/s1. The fourth-order valence-electron chi connectivity index (χ4n) is 4.92. The van der Waals surface area contributed by atoms with Crippen LogP contribution < -0.4 is 0 Å². The van der Waals surface area contributed by atoms with Crippen molar-refractivity contribution >= 4 is 46.8 Å². The summed E-state index contributed by atoms with van der Waals surface area (Å²) in [7, 11) is 2.72. The summed E-state index contributed by atoms with van der Waals surface area (Å²) in [6.07, 6.45) is 0.00380. The molecule has 0 aromatic heterocycles. The van der Waals surface area contributed by atoms with Crippen molar-refractivity contribution in [1.82, 2.24) is 9.80 Å². The van der Waals surface area contributed by atoms with Gasteiger partial charge in [-0.25, -0.2) is 4.79 Å². The van der Waals surface area contributed by atoms with Gasteiger partial charge in [-0.15, -0.1) is 0 Å². The number of Topliss-reactive ketones (excluding diaryl/α,β-unsaturated/α-hetero) is 1. The average molecular weight is 459 g/mol. The normalized spacial score (nSPS) is 23.6. The van der Waals surface area contributed by atoms with E-state index in [-0.39, 0.29) is 23.6 Å². The fourth-order valence-corrected chi connectivity index (χ4v) is 5.23. The number of carbonyl (C=O) groups excluding carboxylic acids is 4. The van der Waals surface area contributed by atoms with Gasteiger partial charge in [-0.3, -0.25) is 24.2 Å². The predicted molar refractivity (Wildman–Crippen MR) is 116 cm³/mol. The Hall–Kier alpha value is -2.70. The summed E-state index contributed by atoms with van der Waals surface area (Å²) in [5.41, 5.74) is -0.413. The summed E-state index contributed by atoms with van der Waals surface area (Å²) in [6, 6.07) is 13.2. The van der Waals surface area contributed by atoms with E-state index < -0.39 is 35.1 Å². The van der Waals surface area contributed by atoms with Crippen LogP contribution in [0.15, 0.2) is 48.5 Å². The molecule has 2 aromatic rings. The second kappa shape index (κ2) is 7.77. The quantitative estimate of drug-likeness (QED) is 0.629. The zero-order valence-electron chi connectivity index (χ0n) is 17.0. The van der Waals surface area contributed by atoms with Gasteiger partial charge >= 0.3 is 6.03 Å². The summed E-state index contributed by atoms with van der Waals surface area (Å²) in [4.78, 5) is 54.9. The Kier molecular flexibility index (Phi) is 5.40. The van der Waals surface area contributed by atoms with Crippen molar-refractivity contribution in [2.24, 2.45) is 5.41 Å². The minimum Gasteiger partial charge on any atom is -0.300 e. The molecule has 2 atom stereocenters. The van der Waals surface area contributed by atoms with E-state index in [1.54, 1.807) is 42.5 Å². The van der Waals surface area contributed by atoms with Crippen molar-refractivity contribution in [2.75, 3.05) is 14.1 Å². The molecule has 8 heteroatoms. The Morgan fingerprint density at radius 3 is 1.87 bits per heavy atom. The third kappa shape index (κ3) is 3.17. The van der Waals surface area contributed by atoms with Crippen molar-refractivity contribution in [3.8, 4) is 0 Å². The first kappa shape index (κ1) is 21.5. The van der Waals surface area contributed by atoms with E-state index in [9.17, 15) is 19.2 Å². The van der Waals surface area contributed by atoms with Crippen LogP contribution in [-0.2, 0) is 14.4 Å². The molecule has 0 N–H and O–H groups in total. The lowest BCUT2D eigenvalue weighted by molar-refractivity contribution is -0.163. The van der Waals surface area contributed by atoms with Crippen molar-refractivity contribution in [3.63, 3.8) is 0 Å². The molecule has 1 aliphatic carbocycles. The number of ketones is 1. The van der Waals surface area contributed by atoms with Gasteiger partial charge in [0.05, 0.1) is 10.0 Å². The summed E-state index contributed by atoms with van der Waals surface area (Å²) in [5, 5.41) is 0.587. The van der Waals surface area contributed by atoms with Crippen molar-refractivity contribution in [3.05, 3.63) is 69.7 Å². The molecule has 0 unspecified atom stereocenters. The summed E-state index contributed by atoms with van der Waals surface area (Å²) in [5.74, 6) is -2.83. The van der Waals surface area contributed by atoms with E-state index >= 15 is 0 Å². The number of hydrogen-bond donors (Lipinski definition) is 0. The minimum absolute atomic E-state index is 0.0192. The van der Waals surface area contributed by atoms with Crippen LogP contribution in [0.25, 0.3) is 0 Å². The first-order valence-electron chi connectivity index (χ1n) is 9.81. The summed E-state index contributed by atoms with van der Waals surface area (Å²) < 4.78 is 0. The molecule has 0 bridgehead atoms. The van der Waals surface area contributed by atoms with Crippen LogP contribution in [0, 0.1) is 5.41 Å². The smallest absolute Gasteiger partial charge is 0.300 e. The number of urea groups is 1. The lowest BCUT2D eigenvalue weighted by Crippen LogP contribution is -2.68. The topological polar surface area (TPSA) is 74.8 Å². The van der Waals surface area contributed by atoms with Gasteiger partial charge in [0.25, 0.3) is 0 Å². The molecule has 1 saturated heterocycles. The number of rotatable bonds is 2. The Morgan fingerprint density at radius 2 is 1.32 bits per heavy atom. The number of halogens is 2. The number of hydrogen-bond acceptors (Lipinski definition) is 4. The van der Waals surface area contributed by atoms with Crippen LogP contribution in [0.3, 0.4) is 0 Å². The molecular weight excluding hydrogens is 439 g/mol. The zero-order chi connectivity index (χ0) is 22.5. The van der Waals surface area contributed by atoms with Gasteiger partial charge in [0.15, 0.2) is 0 Å². The molecule has 6 nitrogen and oxygen atoms in total. The highest BCUT2D eigenvalue weighted by atomic mass is 35.5. The molecule has 160 valence electrons. The van der Waals surface area contributed by atoms with E-state index in [4.69, 9.17) is 23.2 Å². The van der Waals surface area contributed by atoms with Gasteiger partial charge in [-0.2, -0.15) is 0 Å². The SMILES string of the molecule is CN1C(=O)N(C)C(=O)C2(C1=O)[C@@H](c1ccccc1)CC(=O)C[C@H]2c1ccc(Cl)c(Cl)c1. The minimum atomic E-state index is -1.66. The van der Waals surface area contributed by atoms with Crippen LogP contribution in [0.2, 0.25) is 10.0 Å². The molecule has 4 amide bonds. The van der Waals surface area contributed by atoms with E-state index in [1.807, 2.05) is 6.07 Å². The molecule has 1 heterocycles. The van der Waals surface area contributed by atoms with Crippen molar-refractivity contribution in [2.45, 2.75) is 24.7 Å². The molecule has 2 aromatic carbocycles. The van der Waals surface area contributed by atoms with Crippen molar-refractivity contribution < 1.29 is 19.2 Å². The zero-order valence-corrected chi connectivity index (χ0v) is 18.5. The molecule has 2 fully saturated rings. The highest BCUT2D eigenvalue weighted by Crippen LogP contribution is 2.57. The lowest BCUT2D eigenvalue weighted by atomic mass is 9.54. The van der Waals surface area contributed by atoms with Gasteiger partial charge in [-0.1, -0.05) is 59.6 Å². The molecule has 4 rings (SSSR count). The number of amides is 4. The van der Waals surface area contributed by atoms with E-state index in [2.05, 4.69) is 0 Å². The number of carbonyl (C=O) groups is 4. The maximum Gasteiger partial charge on any atom is 0.332 e. The summed E-state index contributed by atoms with van der Waals surface area (Å²) >= 11 is 12.3. The first-order chi connectivity index (χ1) is 14.7. The molecule has 2 aliphatic rings. The predicted octanol–water partition coefficient (Wildman–Crippen LogP) is 4.26. The van der Waals surface area contributed by atoms with E-state index in [0.717, 1.165) is 9.80 Å². The molecule has 0 radical (unpaired) electrons. The second-order valence-electron chi connectivity index (χ2n) is 8.02. The monoisotopic (exact) mass is 458 g/mol. The third-order valence-electron chi connectivity index (χ3n) is 6.40. The van der Waals surface area contributed by atoms with Gasteiger partial charge in [0, 0.05) is 38.8 Å². The first-order valence-corrected chi connectivity index (χ1v) is 10.6. The summed E-state index contributed by atoms with van der Waals surface area (Å²) in [6.45, 7) is 0. The fraction of sp³-hybridized carbons (Fsp3) is 0.304. The Labute approximate surface area is 189 Å². The Bertz CT molecular complexity index is 1080. The molecule has 31 heavy (non-hydrogen) atoms. The molecular formula is C23H20Cl2N2O4. The Morgan fingerprint density at radius 1 is 0.774 bits per heavy atom. The van der Waals surface area contributed by atoms with Crippen LogP contribution in [0.5, 0.6) is 0 Å². The van der Waals surface area contributed by atoms with Crippen LogP contribution >= 0.6 is 23.2 Å². The maximum atomic E-state index is 13.8. The van der Waals surface area contributed by atoms with Gasteiger partial charge < -0.3 is 0 Å². The van der Waals surface area contributed by atoms with Crippen LogP contribution in [0.4, 0.5) is 4.79 Å². The lowest BCUT2D eigenvalue weighted by Gasteiger charge is -2.51. The second-order valence-corrected chi connectivity index (χ2v) is 8.83. The van der Waals surface area contributed by atoms with Gasteiger partial charge in [-0.05, 0) is 23.3 Å². The Balaban J connectivity index is 2.01.